The molecule has 20 heavy (non-hydrogen) atoms. The zero-order chi connectivity index (χ0) is 14.4. The summed E-state index contributed by atoms with van der Waals surface area (Å²) in [6.07, 6.45) is 2.29. The Morgan fingerprint density at radius 2 is 2.10 bits per heavy atom. The quantitative estimate of drug-likeness (QED) is 0.753. The molecule has 0 aliphatic carbocycles. The van der Waals surface area contributed by atoms with E-state index in [1.165, 1.54) is 20.5 Å². The largest absolute Gasteiger partial charge is 0.317 e. The van der Waals surface area contributed by atoms with Crippen molar-refractivity contribution in [1.82, 2.24) is 5.32 Å². The fourth-order valence-corrected chi connectivity index (χ4v) is 4.05. The molecule has 3 heteroatoms. The maximum atomic E-state index is 3.55. The molecule has 0 spiro atoms. The van der Waals surface area contributed by atoms with E-state index in [9.17, 15) is 0 Å². The van der Waals surface area contributed by atoms with E-state index in [-0.39, 0.29) is 0 Å². The van der Waals surface area contributed by atoms with Crippen LogP contribution in [0.1, 0.15) is 22.9 Å². The van der Waals surface area contributed by atoms with Crippen molar-refractivity contribution in [2.75, 3.05) is 13.1 Å². The fraction of sp³-hybridized carbons (Fsp3) is 0.412. The minimum Gasteiger partial charge on any atom is -0.317 e. The summed E-state index contributed by atoms with van der Waals surface area (Å²) in [5, 5.41) is 5.68. The first-order valence-electron chi connectivity index (χ1n) is 7.16. The van der Waals surface area contributed by atoms with Crippen molar-refractivity contribution in [1.29, 1.82) is 0 Å². The van der Waals surface area contributed by atoms with Crippen LogP contribution in [0.3, 0.4) is 0 Å². The lowest BCUT2D eigenvalue weighted by molar-refractivity contribution is 0.481. The van der Waals surface area contributed by atoms with E-state index in [1.807, 2.05) is 11.3 Å². The van der Waals surface area contributed by atoms with Crippen molar-refractivity contribution in [2.45, 2.75) is 26.7 Å². The van der Waals surface area contributed by atoms with Crippen molar-refractivity contribution < 1.29 is 0 Å². The smallest absolute Gasteiger partial charge is 0.0285 e. The Kier molecular flexibility index (Phi) is 6.27. The first-order chi connectivity index (χ1) is 9.67. The molecule has 0 aliphatic heterocycles. The molecule has 1 N–H and O–H groups in total. The molecule has 0 bridgehead atoms. The Labute approximate surface area is 134 Å². The van der Waals surface area contributed by atoms with E-state index in [2.05, 4.69) is 70.8 Å². The van der Waals surface area contributed by atoms with Gasteiger partial charge < -0.3 is 5.32 Å². The third-order valence-electron chi connectivity index (χ3n) is 3.40. The van der Waals surface area contributed by atoms with Crippen LogP contribution in [-0.4, -0.2) is 13.1 Å². The Morgan fingerprint density at radius 3 is 2.75 bits per heavy atom. The third-order valence-corrected chi connectivity index (χ3v) is 5.12. The summed E-state index contributed by atoms with van der Waals surface area (Å²) in [4.78, 5) is 1.47. The molecule has 1 unspecified atom stereocenters. The van der Waals surface area contributed by atoms with Gasteiger partial charge in [0.1, 0.15) is 0 Å². The lowest BCUT2D eigenvalue weighted by Gasteiger charge is -2.17. The summed E-state index contributed by atoms with van der Waals surface area (Å²) in [7, 11) is 0. The van der Waals surface area contributed by atoms with Crippen LogP contribution in [-0.2, 0) is 12.8 Å². The second kappa shape index (κ2) is 7.96. The zero-order valence-electron chi connectivity index (χ0n) is 12.2. The van der Waals surface area contributed by atoms with Gasteiger partial charge in [0, 0.05) is 14.7 Å². The number of hydrogen-bond acceptors (Lipinski definition) is 2. The number of halogens is 1. The van der Waals surface area contributed by atoms with E-state index in [1.54, 1.807) is 0 Å². The molecule has 0 fully saturated rings. The molecule has 108 valence electrons. The minimum absolute atomic E-state index is 0.655. The molecule has 1 heterocycles. The SMILES string of the molecule is CCNCC(Cc1cccc(C)c1)Cc1cc(Br)cs1. The monoisotopic (exact) mass is 351 g/mol. The second-order valence-corrected chi connectivity index (χ2v) is 7.21. The first kappa shape index (κ1) is 15.7. The molecule has 0 saturated carbocycles. The molecule has 1 aromatic heterocycles. The van der Waals surface area contributed by atoms with E-state index in [0.717, 1.165) is 25.9 Å². The van der Waals surface area contributed by atoms with Gasteiger partial charge in [-0.3, -0.25) is 0 Å². The number of rotatable bonds is 7. The fourth-order valence-electron chi connectivity index (χ4n) is 2.48. The van der Waals surface area contributed by atoms with E-state index in [4.69, 9.17) is 0 Å². The molecule has 2 aromatic rings. The molecule has 1 nitrogen and oxygen atoms in total. The van der Waals surface area contributed by atoms with Crippen LogP contribution < -0.4 is 5.32 Å². The molecular formula is C17H22BrNS. The van der Waals surface area contributed by atoms with Gasteiger partial charge in [0.15, 0.2) is 0 Å². The van der Waals surface area contributed by atoms with Crippen molar-refractivity contribution in [3.8, 4) is 0 Å². The highest BCUT2D eigenvalue weighted by molar-refractivity contribution is 9.10. The highest BCUT2D eigenvalue weighted by Crippen LogP contribution is 2.24. The van der Waals surface area contributed by atoms with Crippen molar-refractivity contribution >= 4 is 27.3 Å². The van der Waals surface area contributed by atoms with E-state index in [0.29, 0.717) is 5.92 Å². The lowest BCUT2D eigenvalue weighted by Crippen LogP contribution is -2.25. The maximum Gasteiger partial charge on any atom is 0.0285 e. The number of aryl methyl sites for hydroxylation is 1. The highest BCUT2D eigenvalue weighted by Gasteiger charge is 2.12. The van der Waals surface area contributed by atoms with E-state index < -0.39 is 0 Å². The summed E-state index contributed by atoms with van der Waals surface area (Å²) in [6, 6.07) is 11.1. The molecule has 0 amide bonds. The van der Waals surface area contributed by atoms with Gasteiger partial charge in [0.05, 0.1) is 0 Å². The number of thiophene rings is 1. The average molecular weight is 352 g/mol. The van der Waals surface area contributed by atoms with Gasteiger partial charge in [-0.25, -0.2) is 0 Å². The molecule has 0 radical (unpaired) electrons. The molecule has 1 aromatic carbocycles. The lowest BCUT2D eigenvalue weighted by atomic mass is 9.94. The summed E-state index contributed by atoms with van der Waals surface area (Å²) < 4.78 is 1.20. The van der Waals surface area contributed by atoms with Crippen LogP contribution >= 0.6 is 27.3 Å². The molecule has 0 aliphatic rings. The molecule has 2 rings (SSSR count). The van der Waals surface area contributed by atoms with Gasteiger partial charge in [0.2, 0.25) is 0 Å². The van der Waals surface area contributed by atoms with Crippen molar-refractivity contribution in [3.63, 3.8) is 0 Å². The Bertz CT molecular complexity index is 535. The Morgan fingerprint density at radius 1 is 1.25 bits per heavy atom. The first-order valence-corrected chi connectivity index (χ1v) is 8.83. The Balaban J connectivity index is 2.02. The average Bonchev–Trinajstić information content (AvgIpc) is 2.81. The predicted molar refractivity (Wildman–Crippen MR) is 92.6 cm³/mol. The van der Waals surface area contributed by atoms with Crippen LogP contribution in [0.4, 0.5) is 0 Å². The van der Waals surface area contributed by atoms with Crippen LogP contribution in [0.25, 0.3) is 0 Å². The van der Waals surface area contributed by atoms with Gasteiger partial charge in [-0.15, -0.1) is 11.3 Å². The normalized spacial score (nSPS) is 12.6. The van der Waals surface area contributed by atoms with Gasteiger partial charge in [-0.05, 0) is 66.3 Å². The van der Waals surface area contributed by atoms with Crippen molar-refractivity contribution in [2.24, 2.45) is 5.92 Å². The minimum atomic E-state index is 0.655. The second-order valence-electron chi connectivity index (χ2n) is 5.30. The summed E-state index contributed by atoms with van der Waals surface area (Å²) in [6.45, 7) is 6.46. The molecule has 0 saturated heterocycles. The van der Waals surface area contributed by atoms with Gasteiger partial charge in [-0.1, -0.05) is 36.8 Å². The number of hydrogen-bond donors (Lipinski definition) is 1. The summed E-state index contributed by atoms with van der Waals surface area (Å²) in [5.74, 6) is 0.655. The summed E-state index contributed by atoms with van der Waals surface area (Å²) >= 11 is 5.40. The predicted octanol–water partition coefficient (Wildman–Crippen LogP) is 4.83. The zero-order valence-corrected chi connectivity index (χ0v) is 14.6. The van der Waals surface area contributed by atoms with Crippen LogP contribution in [0, 0.1) is 12.8 Å². The topological polar surface area (TPSA) is 12.0 Å². The maximum absolute atomic E-state index is 3.55. The molecule has 1 atom stereocenters. The molecular weight excluding hydrogens is 330 g/mol. The summed E-state index contributed by atoms with van der Waals surface area (Å²) in [5.41, 5.74) is 2.80. The van der Waals surface area contributed by atoms with E-state index >= 15 is 0 Å². The van der Waals surface area contributed by atoms with Gasteiger partial charge in [-0.2, -0.15) is 0 Å². The number of nitrogens with one attached hydrogen (secondary N) is 1. The van der Waals surface area contributed by atoms with Crippen LogP contribution in [0.15, 0.2) is 40.2 Å². The standard InChI is InChI=1S/C17H22BrNS/c1-3-19-11-15(9-17-10-16(18)12-20-17)8-14-6-4-5-13(2)7-14/h4-7,10,12,15,19H,3,8-9,11H2,1-2H3. The van der Waals surface area contributed by atoms with Crippen LogP contribution in [0.5, 0.6) is 0 Å². The number of benzene rings is 1. The van der Waals surface area contributed by atoms with Crippen molar-refractivity contribution in [3.05, 3.63) is 56.2 Å². The third kappa shape index (κ3) is 5.04. The van der Waals surface area contributed by atoms with Crippen LogP contribution in [0.2, 0.25) is 0 Å². The highest BCUT2D eigenvalue weighted by atomic mass is 79.9. The van der Waals surface area contributed by atoms with Gasteiger partial charge >= 0.3 is 0 Å². The Hall–Kier alpha value is -0.640. The van der Waals surface area contributed by atoms with Gasteiger partial charge in [0.25, 0.3) is 0 Å².